The summed E-state index contributed by atoms with van der Waals surface area (Å²) < 4.78 is 0. The second-order valence-electron chi connectivity index (χ2n) is 5.45. The molecule has 2 amide bonds. The summed E-state index contributed by atoms with van der Waals surface area (Å²) in [6.07, 6.45) is 3.21. The number of hydrogen-bond acceptors (Lipinski definition) is 2. The van der Waals surface area contributed by atoms with E-state index in [0.29, 0.717) is 6.54 Å². The van der Waals surface area contributed by atoms with Crippen LogP contribution in [0.25, 0.3) is 0 Å². The smallest absolute Gasteiger partial charge is 0.240 e. The number of nitrogens with zero attached hydrogens (tertiary/aromatic N) is 1. The Morgan fingerprint density at radius 2 is 1.90 bits per heavy atom. The van der Waals surface area contributed by atoms with Crippen LogP contribution in [-0.4, -0.2) is 24.9 Å². The molecule has 4 nitrogen and oxygen atoms in total. The normalized spacial score (nSPS) is 10.3. The van der Waals surface area contributed by atoms with Crippen LogP contribution in [-0.2, 0) is 9.59 Å². The number of hydrogen-bond donors (Lipinski definition) is 1. The molecule has 0 spiro atoms. The van der Waals surface area contributed by atoms with Gasteiger partial charge in [0.25, 0.3) is 0 Å². The van der Waals surface area contributed by atoms with E-state index in [1.54, 1.807) is 0 Å². The van der Waals surface area contributed by atoms with Gasteiger partial charge in [-0.1, -0.05) is 37.5 Å². The number of carbonyl (C=O) groups excluding carboxylic acids is 2. The van der Waals surface area contributed by atoms with Crippen molar-refractivity contribution in [2.45, 2.75) is 47.0 Å². The topological polar surface area (TPSA) is 49.4 Å². The zero-order chi connectivity index (χ0) is 15.8. The molecule has 0 aliphatic carbocycles. The van der Waals surface area contributed by atoms with Gasteiger partial charge in [0.05, 0.1) is 0 Å². The molecule has 0 heterocycles. The van der Waals surface area contributed by atoms with E-state index in [0.717, 1.165) is 36.1 Å². The fourth-order valence-corrected chi connectivity index (χ4v) is 2.28. The molecule has 1 rings (SSSR count). The van der Waals surface area contributed by atoms with Crippen molar-refractivity contribution in [2.24, 2.45) is 0 Å². The molecule has 0 fully saturated rings. The third kappa shape index (κ3) is 5.58. The van der Waals surface area contributed by atoms with Crippen molar-refractivity contribution in [3.63, 3.8) is 0 Å². The van der Waals surface area contributed by atoms with Crippen LogP contribution in [0.4, 0.5) is 5.69 Å². The monoisotopic (exact) mass is 290 g/mol. The number of rotatable bonds is 7. The highest BCUT2D eigenvalue weighted by Gasteiger charge is 2.17. The molecule has 1 aromatic carbocycles. The number of benzene rings is 1. The van der Waals surface area contributed by atoms with Crippen LogP contribution in [0.2, 0.25) is 0 Å². The molecule has 0 saturated heterocycles. The largest absolute Gasteiger partial charge is 0.355 e. The van der Waals surface area contributed by atoms with Gasteiger partial charge in [0.15, 0.2) is 0 Å². The number of amides is 2. The number of aryl methyl sites for hydroxylation is 2. The van der Waals surface area contributed by atoms with E-state index < -0.39 is 0 Å². The van der Waals surface area contributed by atoms with Crippen LogP contribution >= 0.6 is 0 Å². The molecule has 1 aromatic rings. The van der Waals surface area contributed by atoms with Crippen LogP contribution in [0, 0.1) is 13.8 Å². The number of unbranched alkanes of at least 4 members (excludes halogenated alkanes) is 2. The molecule has 0 aliphatic rings. The minimum Gasteiger partial charge on any atom is -0.355 e. The van der Waals surface area contributed by atoms with Gasteiger partial charge in [0.1, 0.15) is 6.54 Å². The van der Waals surface area contributed by atoms with Gasteiger partial charge in [-0.25, -0.2) is 0 Å². The SMILES string of the molecule is CCCCCNC(=O)CN(C(C)=O)c1ccc(C)cc1C. The van der Waals surface area contributed by atoms with E-state index >= 15 is 0 Å². The average molecular weight is 290 g/mol. The number of carbonyl (C=O) groups is 2. The van der Waals surface area contributed by atoms with Crippen molar-refractivity contribution >= 4 is 17.5 Å². The van der Waals surface area contributed by atoms with Gasteiger partial charge < -0.3 is 10.2 Å². The molecule has 0 saturated carbocycles. The number of nitrogens with one attached hydrogen (secondary N) is 1. The highest BCUT2D eigenvalue weighted by atomic mass is 16.2. The Morgan fingerprint density at radius 1 is 1.19 bits per heavy atom. The summed E-state index contributed by atoms with van der Waals surface area (Å²) in [6.45, 7) is 8.33. The first-order chi connectivity index (χ1) is 9.95. The van der Waals surface area contributed by atoms with Gasteiger partial charge in [0, 0.05) is 19.2 Å². The van der Waals surface area contributed by atoms with Crippen molar-refractivity contribution in [1.29, 1.82) is 0 Å². The van der Waals surface area contributed by atoms with Gasteiger partial charge in [-0.15, -0.1) is 0 Å². The van der Waals surface area contributed by atoms with Crippen molar-refractivity contribution in [3.8, 4) is 0 Å². The zero-order valence-electron chi connectivity index (χ0n) is 13.5. The van der Waals surface area contributed by atoms with Crippen LogP contribution in [0.15, 0.2) is 18.2 Å². The molecule has 1 N–H and O–H groups in total. The maximum Gasteiger partial charge on any atom is 0.240 e. The molecule has 0 atom stereocenters. The Kier molecular flexibility index (Phi) is 6.92. The highest BCUT2D eigenvalue weighted by Crippen LogP contribution is 2.21. The van der Waals surface area contributed by atoms with E-state index in [2.05, 4.69) is 12.2 Å². The summed E-state index contributed by atoms with van der Waals surface area (Å²) in [5, 5.41) is 2.87. The molecule has 21 heavy (non-hydrogen) atoms. The van der Waals surface area contributed by atoms with E-state index in [1.807, 2.05) is 32.0 Å². The minimum absolute atomic E-state index is 0.0748. The maximum absolute atomic E-state index is 12.0. The fraction of sp³-hybridized carbons (Fsp3) is 0.529. The van der Waals surface area contributed by atoms with Crippen molar-refractivity contribution < 1.29 is 9.59 Å². The second kappa shape index (κ2) is 8.45. The lowest BCUT2D eigenvalue weighted by atomic mass is 10.1. The summed E-state index contributed by atoms with van der Waals surface area (Å²) in [5.74, 6) is -0.230. The standard InChI is InChI=1S/C17H26N2O2/c1-5-6-7-10-18-17(21)12-19(15(4)20)16-9-8-13(2)11-14(16)3/h8-9,11H,5-7,10,12H2,1-4H3,(H,18,21). The summed E-state index contributed by atoms with van der Waals surface area (Å²) in [6, 6.07) is 5.87. The molecule has 116 valence electrons. The Morgan fingerprint density at radius 3 is 2.48 bits per heavy atom. The van der Waals surface area contributed by atoms with Crippen molar-refractivity contribution in [3.05, 3.63) is 29.3 Å². The molecule has 4 heteroatoms. The lowest BCUT2D eigenvalue weighted by molar-refractivity contribution is -0.123. The fourth-order valence-electron chi connectivity index (χ4n) is 2.28. The van der Waals surface area contributed by atoms with Crippen molar-refractivity contribution in [1.82, 2.24) is 5.32 Å². The van der Waals surface area contributed by atoms with Gasteiger partial charge >= 0.3 is 0 Å². The van der Waals surface area contributed by atoms with Gasteiger partial charge in [-0.05, 0) is 31.9 Å². The van der Waals surface area contributed by atoms with Crippen LogP contribution < -0.4 is 10.2 Å². The molecule has 0 aliphatic heterocycles. The van der Waals surface area contributed by atoms with Crippen molar-refractivity contribution in [2.75, 3.05) is 18.0 Å². The summed E-state index contributed by atoms with van der Waals surface area (Å²) >= 11 is 0. The first-order valence-electron chi connectivity index (χ1n) is 7.57. The molecular formula is C17H26N2O2. The quantitative estimate of drug-likeness (QED) is 0.785. The maximum atomic E-state index is 12.0. The first kappa shape index (κ1) is 17.2. The second-order valence-corrected chi connectivity index (χ2v) is 5.45. The lowest BCUT2D eigenvalue weighted by Gasteiger charge is -2.23. The summed E-state index contributed by atoms with van der Waals surface area (Å²) in [5.41, 5.74) is 2.95. The Hall–Kier alpha value is -1.84. The highest BCUT2D eigenvalue weighted by molar-refractivity contribution is 5.98. The zero-order valence-corrected chi connectivity index (χ0v) is 13.5. The van der Waals surface area contributed by atoms with Crippen LogP contribution in [0.3, 0.4) is 0 Å². The lowest BCUT2D eigenvalue weighted by Crippen LogP contribution is -2.40. The van der Waals surface area contributed by atoms with Gasteiger partial charge in [-0.2, -0.15) is 0 Å². The number of anilines is 1. The molecule has 0 unspecified atom stereocenters. The predicted molar refractivity (Wildman–Crippen MR) is 86.5 cm³/mol. The molecular weight excluding hydrogens is 264 g/mol. The summed E-state index contributed by atoms with van der Waals surface area (Å²) in [4.78, 5) is 25.3. The first-order valence-corrected chi connectivity index (χ1v) is 7.57. The van der Waals surface area contributed by atoms with Crippen LogP contribution in [0.1, 0.15) is 44.2 Å². The predicted octanol–water partition coefficient (Wildman–Crippen LogP) is 2.96. The van der Waals surface area contributed by atoms with Crippen LogP contribution in [0.5, 0.6) is 0 Å². The molecule has 0 aromatic heterocycles. The van der Waals surface area contributed by atoms with Gasteiger partial charge in [0.2, 0.25) is 11.8 Å². The average Bonchev–Trinajstić information content (AvgIpc) is 2.41. The van der Waals surface area contributed by atoms with E-state index in [1.165, 1.54) is 11.8 Å². The van der Waals surface area contributed by atoms with E-state index in [9.17, 15) is 9.59 Å². The Balaban J connectivity index is 2.70. The summed E-state index contributed by atoms with van der Waals surface area (Å²) in [7, 11) is 0. The van der Waals surface area contributed by atoms with E-state index in [-0.39, 0.29) is 18.4 Å². The minimum atomic E-state index is -0.120. The van der Waals surface area contributed by atoms with Gasteiger partial charge in [-0.3, -0.25) is 9.59 Å². The third-order valence-electron chi connectivity index (χ3n) is 3.43. The Labute approximate surface area is 127 Å². The Bertz CT molecular complexity index is 498. The molecule has 0 bridgehead atoms. The third-order valence-corrected chi connectivity index (χ3v) is 3.43. The molecule has 0 radical (unpaired) electrons. The van der Waals surface area contributed by atoms with E-state index in [4.69, 9.17) is 0 Å².